The minimum absolute atomic E-state index is 0.00419. The Morgan fingerprint density at radius 2 is 2.10 bits per heavy atom. The third-order valence-corrected chi connectivity index (χ3v) is 3.58. The van der Waals surface area contributed by atoms with Gasteiger partial charge >= 0.3 is 5.69 Å². The van der Waals surface area contributed by atoms with Crippen molar-refractivity contribution in [2.45, 2.75) is 19.3 Å². The summed E-state index contributed by atoms with van der Waals surface area (Å²) in [6.45, 7) is 4.08. The molecule has 20 heavy (non-hydrogen) atoms. The molecule has 110 valence electrons. The fourth-order valence-corrected chi connectivity index (χ4v) is 2.48. The number of hydrogen-bond donors (Lipinski definition) is 1. The topological polar surface area (TPSA) is 67.6 Å². The smallest absolute Gasteiger partial charge is 0.312 e. The molecule has 0 bridgehead atoms. The van der Waals surface area contributed by atoms with E-state index in [0.717, 1.165) is 31.9 Å². The molecule has 0 atom stereocenters. The van der Waals surface area contributed by atoms with Crippen molar-refractivity contribution >= 4 is 11.4 Å². The van der Waals surface area contributed by atoms with Crippen molar-refractivity contribution < 1.29 is 9.66 Å². The summed E-state index contributed by atoms with van der Waals surface area (Å²) in [4.78, 5) is 12.9. The van der Waals surface area contributed by atoms with E-state index in [1.54, 1.807) is 6.07 Å². The summed E-state index contributed by atoms with van der Waals surface area (Å²) in [7, 11) is 1.44. The van der Waals surface area contributed by atoms with Crippen LogP contribution in [0.2, 0.25) is 0 Å². The number of anilines is 1. The fraction of sp³-hybridized carbons (Fsp3) is 0.571. The van der Waals surface area contributed by atoms with Gasteiger partial charge in [-0.1, -0.05) is 6.42 Å². The Morgan fingerprint density at radius 3 is 2.75 bits per heavy atom. The number of hydrogen-bond acceptors (Lipinski definition) is 5. The molecule has 0 aromatic heterocycles. The largest absolute Gasteiger partial charge is 0.490 e. The van der Waals surface area contributed by atoms with Crippen molar-refractivity contribution in [1.82, 2.24) is 4.90 Å². The molecule has 0 aliphatic carbocycles. The number of piperidine rings is 1. The Labute approximate surface area is 118 Å². The van der Waals surface area contributed by atoms with Crippen LogP contribution < -0.4 is 10.1 Å². The zero-order valence-corrected chi connectivity index (χ0v) is 11.8. The molecule has 6 heteroatoms. The number of nitrogens with one attached hydrogen (secondary N) is 1. The highest BCUT2D eigenvalue weighted by molar-refractivity contribution is 5.58. The Morgan fingerprint density at radius 1 is 1.35 bits per heavy atom. The number of nitro benzene ring substituents is 1. The summed E-state index contributed by atoms with van der Waals surface area (Å²) in [5.74, 6) is 0.289. The number of likely N-dealkylation sites (tertiary alicyclic amines) is 1. The first-order chi connectivity index (χ1) is 9.70. The van der Waals surface area contributed by atoms with Crippen LogP contribution in [0.4, 0.5) is 11.4 Å². The van der Waals surface area contributed by atoms with Crippen molar-refractivity contribution in [2.75, 3.05) is 38.6 Å². The molecule has 1 aliphatic rings. The number of nitro groups is 1. The lowest BCUT2D eigenvalue weighted by Crippen LogP contribution is -2.33. The van der Waals surface area contributed by atoms with Crippen LogP contribution in [0.15, 0.2) is 18.2 Å². The summed E-state index contributed by atoms with van der Waals surface area (Å²) in [6.07, 6.45) is 3.87. The van der Waals surface area contributed by atoms with Crippen LogP contribution in [-0.2, 0) is 0 Å². The Kier molecular flexibility index (Phi) is 5.17. The average Bonchev–Trinajstić information content (AvgIpc) is 2.48. The van der Waals surface area contributed by atoms with Crippen LogP contribution in [0.5, 0.6) is 5.75 Å². The van der Waals surface area contributed by atoms with E-state index in [9.17, 15) is 10.1 Å². The van der Waals surface area contributed by atoms with E-state index < -0.39 is 4.92 Å². The molecular formula is C14H21N3O3. The van der Waals surface area contributed by atoms with E-state index >= 15 is 0 Å². The summed E-state index contributed by atoms with van der Waals surface area (Å²) in [5.41, 5.74) is 0.755. The molecule has 1 heterocycles. The molecule has 1 fully saturated rings. The van der Waals surface area contributed by atoms with Gasteiger partial charge in [0.05, 0.1) is 12.0 Å². The monoisotopic (exact) mass is 279 g/mol. The molecule has 1 aromatic rings. The van der Waals surface area contributed by atoms with Gasteiger partial charge < -0.3 is 15.0 Å². The molecule has 1 aliphatic heterocycles. The molecule has 0 unspecified atom stereocenters. The minimum Gasteiger partial charge on any atom is -0.490 e. The summed E-state index contributed by atoms with van der Waals surface area (Å²) < 4.78 is 4.98. The second-order valence-electron chi connectivity index (χ2n) is 4.97. The first-order valence-corrected chi connectivity index (χ1v) is 6.99. The Hall–Kier alpha value is -1.82. The van der Waals surface area contributed by atoms with E-state index in [2.05, 4.69) is 10.2 Å². The molecular weight excluding hydrogens is 258 g/mol. The standard InChI is InChI=1S/C14H21N3O3/c1-20-14-6-5-12(11-13(14)17(18)19)15-7-10-16-8-3-2-4-9-16/h5-6,11,15H,2-4,7-10H2,1H3. The highest BCUT2D eigenvalue weighted by atomic mass is 16.6. The van der Waals surface area contributed by atoms with Crippen molar-refractivity contribution in [2.24, 2.45) is 0 Å². The van der Waals surface area contributed by atoms with Gasteiger partial charge in [0, 0.05) is 24.8 Å². The van der Waals surface area contributed by atoms with Gasteiger partial charge in [0.1, 0.15) is 0 Å². The maximum Gasteiger partial charge on any atom is 0.312 e. The maximum atomic E-state index is 10.9. The first-order valence-electron chi connectivity index (χ1n) is 6.99. The second kappa shape index (κ2) is 7.09. The van der Waals surface area contributed by atoms with Gasteiger partial charge in [-0.25, -0.2) is 0 Å². The second-order valence-corrected chi connectivity index (χ2v) is 4.97. The number of ether oxygens (including phenoxy) is 1. The molecule has 0 amide bonds. The number of rotatable bonds is 6. The third-order valence-electron chi connectivity index (χ3n) is 3.58. The van der Waals surface area contributed by atoms with Crippen LogP contribution in [-0.4, -0.2) is 43.1 Å². The molecule has 0 radical (unpaired) electrons. The third kappa shape index (κ3) is 3.84. The average molecular weight is 279 g/mol. The van der Waals surface area contributed by atoms with Gasteiger partial charge in [-0.3, -0.25) is 10.1 Å². The van der Waals surface area contributed by atoms with Crippen LogP contribution in [0.3, 0.4) is 0 Å². The normalized spacial score (nSPS) is 15.8. The molecule has 6 nitrogen and oxygen atoms in total. The van der Waals surface area contributed by atoms with Crippen molar-refractivity contribution in [3.8, 4) is 5.75 Å². The molecule has 1 aromatic carbocycles. The Balaban J connectivity index is 1.89. The summed E-state index contributed by atoms with van der Waals surface area (Å²) in [5, 5.41) is 14.2. The van der Waals surface area contributed by atoms with Gasteiger partial charge in [0.25, 0.3) is 0 Å². The molecule has 1 N–H and O–H groups in total. The van der Waals surface area contributed by atoms with Gasteiger partial charge in [-0.15, -0.1) is 0 Å². The minimum atomic E-state index is -0.422. The molecule has 2 rings (SSSR count). The van der Waals surface area contributed by atoms with Crippen LogP contribution in [0, 0.1) is 10.1 Å². The SMILES string of the molecule is COc1ccc(NCCN2CCCCC2)cc1[N+](=O)[O-]. The van der Waals surface area contributed by atoms with E-state index in [1.165, 1.54) is 32.4 Å². The van der Waals surface area contributed by atoms with E-state index in [-0.39, 0.29) is 11.4 Å². The van der Waals surface area contributed by atoms with Crippen LogP contribution >= 0.6 is 0 Å². The lowest BCUT2D eigenvalue weighted by molar-refractivity contribution is -0.385. The number of nitrogens with zero attached hydrogens (tertiary/aromatic N) is 2. The van der Waals surface area contributed by atoms with Crippen molar-refractivity contribution in [3.63, 3.8) is 0 Å². The predicted octanol–water partition coefficient (Wildman–Crippen LogP) is 2.50. The van der Waals surface area contributed by atoms with Gasteiger partial charge in [0.15, 0.2) is 5.75 Å². The highest BCUT2D eigenvalue weighted by Gasteiger charge is 2.15. The predicted molar refractivity (Wildman–Crippen MR) is 78.4 cm³/mol. The van der Waals surface area contributed by atoms with Crippen molar-refractivity contribution in [1.29, 1.82) is 0 Å². The van der Waals surface area contributed by atoms with E-state index in [0.29, 0.717) is 0 Å². The molecule has 1 saturated heterocycles. The maximum absolute atomic E-state index is 10.9. The summed E-state index contributed by atoms with van der Waals surface area (Å²) in [6, 6.07) is 4.96. The lowest BCUT2D eigenvalue weighted by atomic mass is 10.1. The van der Waals surface area contributed by atoms with E-state index in [1.807, 2.05) is 6.07 Å². The van der Waals surface area contributed by atoms with Crippen LogP contribution in [0.1, 0.15) is 19.3 Å². The Bertz CT molecular complexity index is 459. The molecule has 0 spiro atoms. The van der Waals surface area contributed by atoms with Gasteiger partial charge in [-0.05, 0) is 38.1 Å². The number of benzene rings is 1. The quantitative estimate of drug-likeness (QED) is 0.640. The van der Waals surface area contributed by atoms with Gasteiger partial charge in [0.2, 0.25) is 0 Å². The number of methoxy groups -OCH3 is 1. The highest BCUT2D eigenvalue weighted by Crippen LogP contribution is 2.29. The van der Waals surface area contributed by atoms with E-state index in [4.69, 9.17) is 4.74 Å². The van der Waals surface area contributed by atoms with Crippen molar-refractivity contribution in [3.05, 3.63) is 28.3 Å². The lowest BCUT2D eigenvalue weighted by Gasteiger charge is -2.26. The fourth-order valence-electron chi connectivity index (χ4n) is 2.48. The molecule has 0 saturated carbocycles. The summed E-state index contributed by atoms with van der Waals surface area (Å²) >= 11 is 0. The zero-order valence-electron chi connectivity index (χ0n) is 11.8. The van der Waals surface area contributed by atoms with Gasteiger partial charge in [-0.2, -0.15) is 0 Å². The first kappa shape index (κ1) is 14.6. The zero-order chi connectivity index (χ0) is 14.4. The van der Waals surface area contributed by atoms with Crippen LogP contribution in [0.25, 0.3) is 0 Å².